The summed E-state index contributed by atoms with van der Waals surface area (Å²) in [6.45, 7) is -0.506. The topological polar surface area (TPSA) is 68.9 Å². The van der Waals surface area contributed by atoms with E-state index in [4.69, 9.17) is 13.9 Å². The summed E-state index contributed by atoms with van der Waals surface area (Å²) in [5.41, 5.74) is 0.259. The van der Waals surface area contributed by atoms with Crippen LogP contribution in [0.15, 0.2) is 46.9 Å². The molecule has 156 valence electrons. The van der Waals surface area contributed by atoms with Crippen LogP contribution in [0.4, 0.5) is 17.6 Å². The molecule has 0 aliphatic carbocycles. The molecular formula is C21H14F4O5. The molecule has 0 bridgehead atoms. The third-order valence-electron chi connectivity index (χ3n) is 3.98. The molecule has 0 atom stereocenters. The molecule has 1 N–H and O–H groups in total. The Morgan fingerprint density at radius 1 is 1.07 bits per heavy atom. The lowest BCUT2D eigenvalue weighted by Crippen LogP contribution is -2.03. The van der Waals surface area contributed by atoms with Crippen molar-refractivity contribution in [2.45, 2.75) is 6.61 Å². The average Bonchev–Trinajstić information content (AvgIpc) is 3.18. The summed E-state index contributed by atoms with van der Waals surface area (Å²) >= 11 is 0. The summed E-state index contributed by atoms with van der Waals surface area (Å²) in [4.78, 5) is 12.2. The number of halogens is 4. The van der Waals surface area contributed by atoms with Crippen LogP contribution >= 0.6 is 0 Å². The lowest BCUT2D eigenvalue weighted by Gasteiger charge is -2.08. The molecule has 0 unspecified atom stereocenters. The van der Waals surface area contributed by atoms with Crippen molar-refractivity contribution in [3.05, 3.63) is 82.8 Å². The first-order valence-corrected chi connectivity index (χ1v) is 8.44. The second kappa shape index (κ2) is 8.73. The van der Waals surface area contributed by atoms with E-state index in [2.05, 4.69) is 0 Å². The third kappa shape index (κ3) is 4.45. The lowest BCUT2D eigenvalue weighted by atomic mass is 10.1. The second-order valence-electron chi connectivity index (χ2n) is 5.97. The highest BCUT2D eigenvalue weighted by Gasteiger charge is 2.21. The van der Waals surface area contributed by atoms with E-state index in [1.165, 1.54) is 49.6 Å². The highest BCUT2D eigenvalue weighted by Crippen LogP contribution is 2.28. The van der Waals surface area contributed by atoms with Crippen molar-refractivity contribution in [2.75, 3.05) is 7.11 Å². The molecule has 0 amide bonds. The van der Waals surface area contributed by atoms with E-state index >= 15 is 0 Å². The SMILES string of the molecule is COc1cc(C(=O)/C=C/c2ccc(COc3c(F)c(F)cc(F)c3F)o2)ccc1O. The van der Waals surface area contributed by atoms with Crippen LogP contribution in [0.3, 0.4) is 0 Å². The minimum atomic E-state index is -1.66. The van der Waals surface area contributed by atoms with Gasteiger partial charge < -0.3 is 19.0 Å². The number of ether oxygens (including phenoxy) is 2. The molecule has 0 saturated carbocycles. The average molecular weight is 422 g/mol. The lowest BCUT2D eigenvalue weighted by molar-refractivity contribution is 0.104. The van der Waals surface area contributed by atoms with E-state index in [0.29, 0.717) is 0 Å². The molecule has 0 spiro atoms. The van der Waals surface area contributed by atoms with E-state index in [-0.39, 0.29) is 34.6 Å². The molecule has 0 aliphatic heterocycles. The van der Waals surface area contributed by atoms with Crippen LogP contribution in [0.5, 0.6) is 17.2 Å². The van der Waals surface area contributed by atoms with Gasteiger partial charge in [0.05, 0.1) is 7.11 Å². The van der Waals surface area contributed by atoms with Gasteiger partial charge in [-0.3, -0.25) is 4.79 Å². The van der Waals surface area contributed by atoms with Gasteiger partial charge in [-0.2, -0.15) is 8.78 Å². The maximum absolute atomic E-state index is 13.6. The molecule has 9 heteroatoms. The predicted molar refractivity (Wildman–Crippen MR) is 97.3 cm³/mol. The number of phenols is 1. The Balaban J connectivity index is 1.68. The zero-order valence-corrected chi connectivity index (χ0v) is 15.4. The van der Waals surface area contributed by atoms with Crippen LogP contribution < -0.4 is 9.47 Å². The largest absolute Gasteiger partial charge is 0.504 e. The molecule has 0 aliphatic rings. The Kier molecular flexibility index (Phi) is 6.10. The van der Waals surface area contributed by atoms with Gasteiger partial charge >= 0.3 is 0 Å². The summed E-state index contributed by atoms with van der Waals surface area (Å²) < 4.78 is 68.6. The quantitative estimate of drug-likeness (QED) is 0.251. The fourth-order valence-electron chi connectivity index (χ4n) is 2.47. The number of hydrogen-bond acceptors (Lipinski definition) is 5. The van der Waals surface area contributed by atoms with Gasteiger partial charge in [-0.15, -0.1) is 0 Å². The Morgan fingerprint density at radius 2 is 1.77 bits per heavy atom. The minimum Gasteiger partial charge on any atom is -0.504 e. The molecule has 2 aromatic carbocycles. The van der Waals surface area contributed by atoms with Gasteiger partial charge in [0.1, 0.15) is 18.1 Å². The van der Waals surface area contributed by atoms with Crippen LogP contribution in [0.25, 0.3) is 6.08 Å². The van der Waals surface area contributed by atoms with Crippen molar-refractivity contribution >= 4 is 11.9 Å². The number of hydrogen-bond donors (Lipinski definition) is 1. The number of furan rings is 1. The molecule has 1 aromatic heterocycles. The highest BCUT2D eigenvalue weighted by molar-refractivity contribution is 6.07. The van der Waals surface area contributed by atoms with Gasteiger partial charge in [-0.25, -0.2) is 8.78 Å². The summed E-state index contributed by atoms with van der Waals surface area (Å²) in [5.74, 6) is -7.74. The van der Waals surface area contributed by atoms with Gasteiger partial charge in [0.15, 0.2) is 34.7 Å². The molecule has 3 rings (SSSR count). The Labute approximate surface area is 167 Å². The van der Waals surface area contributed by atoms with Gasteiger partial charge in [0, 0.05) is 11.6 Å². The standard InChI is InChI=1S/C21H14F4O5/c1-28-18-8-11(2-6-17(18)27)16(26)7-5-12-3-4-13(30-12)10-29-21-19(24)14(22)9-15(23)20(21)25/h2-9,27H,10H2,1H3/b7-5+. The van der Waals surface area contributed by atoms with Gasteiger partial charge in [0.25, 0.3) is 0 Å². The molecule has 5 nitrogen and oxygen atoms in total. The first-order valence-electron chi connectivity index (χ1n) is 8.44. The monoisotopic (exact) mass is 422 g/mol. The van der Waals surface area contributed by atoms with Crippen molar-refractivity contribution in [3.8, 4) is 17.2 Å². The van der Waals surface area contributed by atoms with Crippen molar-refractivity contribution in [1.82, 2.24) is 0 Å². The predicted octanol–water partition coefficient (Wildman–Crippen LogP) is 5.03. The molecular weight excluding hydrogens is 408 g/mol. The molecule has 1 heterocycles. The number of methoxy groups -OCH3 is 1. The van der Waals surface area contributed by atoms with E-state index in [1.807, 2.05) is 0 Å². The van der Waals surface area contributed by atoms with E-state index in [0.717, 1.165) is 0 Å². The summed E-state index contributed by atoms with van der Waals surface area (Å²) in [6, 6.07) is 7.03. The zero-order valence-electron chi connectivity index (χ0n) is 15.4. The molecule has 0 saturated heterocycles. The van der Waals surface area contributed by atoms with Gasteiger partial charge in [-0.1, -0.05) is 0 Å². The first-order chi connectivity index (χ1) is 14.3. The van der Waals surface area contributed by atoms with Crippen LogP contribution in [0.2, 0.25) is 0 Å². The summed E-state index contributed by atoms with van der Waals surface area (Å²) in [7, 11) is 1.35. The summed E-state index contributed by atoms with van der Waals surface area (Å²) in [6.07, 6.45) is 2.55. The molecule has 30 heavy (non-hydrogen) atoms. The van der Waals surface area contributed by atoms with Crippen molar-refractivity contribution < 1.29 is 41.4 Å². The number of rotatable bonds is 7. The minimum absolute atomic E-state index is 0.0774. The normalized spacial score (nSPS) is 11.1. The molecule has 0 fully saturated rings. The van der Waals surface area contributed by atoms with Crippen LogP contribution in [0, 0.1) is 23.3 Å². The molecule has 0 radical (unpaired) electrons. The van der Waals surface area contributed by atoms with Gasteiger partial charge in [-0.05, 0) is 42.5 Å². The first kappa shape index (κ1) is 21.0. The Hall–Kier alpha value is -3.75. The second-order valence-corrected chi connectivity index (χ2v) is 5.97. The highest BCUT2D eigenvalue weighted by atomic mass is 19.2. The number of carbonyl (C=O) groups excluding carboxylic acids is 1. The number of allylic oxidation sites excluding steroid dienone is 1. The van der Waals surface area contributed by atoms with Crippen LogP contribution in [-0.4, -0.2) is 18.0 Å². The fraction of sp³-hybridized carbons (Fsp3) is 0.0952. The maximum Gasteiger partial charge on any atom is 0.203 e. The number of aromatic hydroxyl groups is 1. The zero-order chi connectivity index (χ0) is 21.8. The molecule has 3 aromatic rings. The number of ketones is 1. The number of phenolic OH excluding ortho intramolecular Hbond substituents is 1. The third-order valence-corrected chi connectivity index (χ3v) is 3.98. The van der Waals surface area contributed by atoms with E-state index in [9.17, 15) is 27.5 Å². The maximum atomic E-state index is 13.6. The number of carbonyl (C=O) groups is 1. The van der Waals surface area contributed by atoms with Crippen molar-refractivity contribution in [1.29, 1.82) is 0 Å². The van der Waals surface area contributed by atoms with Crippen LogP contribution in [-0.2, 0) is 6.61 Å². The Morgan fingerprint density at radius 3 is 2.43 bits per heavy atom. The Bertz CT molecular complexity index is 1090. The number of benzene rings is 2. The van der Waals surface area contributed by atoms with Crippen LogP contribution in [0.1, 0.15) is 21.9 Å². The van der Waals surface area contributed by atoms with Crippen molar-refractivity contribution in [2.24, 2.45) is 0 Å². The van der Waals surface area contributed by atoms with Crippen molar-refractivity contribution in [3.63, 3.8) is 0 Å². The fourth-order valence-corrected chi connectivity index (χ4v) is 2.47. The van der Waals surface area contributed by atoms with E-state index < -0.39 is 41.4 Å². The summed E-state index contributed by atoms with van der Waals surface area (Å²) in [5, 5.41) is 9.56. The van der Waals surface area contributed by atoms with Gasteiger partial charge in [0.2, 0.25) is 11.6 Å². The van der Waals surface area contributed by atoms with E-state index in [1.54, 1.807) is 0 Å². The smallest absolute Gasteiger partial charge is 0.203 e.